The minimum Gasteiger partial charge on any atom is -0.349 e. The molecular weight excluding hydrogens is 261 g/mol. The van der Waals surface area contributed by atoms with Crippen molar-refractivity contribution in [2.75, 3.05) is 0 Å². The first-order valence-corrected chi connectivity index (χ1v) is 6.43. The topological polar surface area (TPSA) is 68.0 Å². The molecule has 0 bridgehead atoms. The van der Waals surface area contributed by atoms with Gasteiger partial charge in [0.05, 0.1) is 12.5 Å². The molecule has 0 aliphatic heterocycles. The van der Waals surface area contributed by atoms with E-state index in [1.54, 1.807) is 19.1 Å². The van der Waals surface area contributed by atoms with Gasteiger partial charge in [-0.1, -0.05) is 29.4 Å². The van der Waals surface area contributed by atoms with Crippen LogP contribution in [0.3, 0.4) is 0 Å². The Labute approximate surface area is 116 Å². The Kier molecular flexibility index (Phi) is 4.45. The van der Waals surface area contributed by atoms with E-state index in [4.69, 9.17) is 0 Å². The second-order valence-electron chi connectivity index (χ2n) is 4.55. The predicted molar refractivity (Wildman–Crippen MR) is 70.3 cm³/mol. The number of amides is 1. The van der Waals surface area contributed by atoms with Crippen molar-refractivity contribution in [2.24, 2.45) is 0 Å². The van der Waals surface area contributed by atoms with Crippen molar-refractivity contribution < 1.29 is 13.8 Å². The Morgan fingerprint density at radius 2 is 2.05 bits per heavy atom. The summed E-state index contributed by atoms with van der Waals surface area (Å²) in [5, 5.41) is 10.2. The van der Waals surface area contributed by atoms with E-state index in [0.717, 1.165) is 5.56 Å². The highest BCUT2D eigenvalue weighted by Crippen LogP contribution is 2.17. The summed E-state index contributed by atoms with van der Waals surface area (Å²) in [6.45, 7) is 3.69. The van der Waals surface area contributed by atoms with Crippen molar-refractivity contribution in [3.05, 3.63) is 47.0 Å². The molecular formula is C14H16FN3O2. The van der Waals surface area contributed by atoms with Crippen LogP contribution in [0.25, 0.3) is 0 Å². The minimum atomic E-state index is -0.292. The summed E-state index contributed by atoms with van der Waals surface area (Å²) in [6, 6.07) is 5.97. The number of aromatic nitrogens is 2. The summed E-state index contributed by atoms with van der Waals surface area (Å²) < 4.78 is 17.5. The summed E-state index contributed by atoms with van der Waals surface area (Å²) in [7, 11) is 0. The monoisotopic (exact) mass is 277 g/mol. The number of carbonyl (C=O) groups excluding carboxylic acids is 1. The van der Waals surface area contributed by atoms with Gasteiger partial charge in [-0.3, -0.25) is 4.79 Å². The standard InChI is InChI=1S/C14H16FN3O2/c1-3-12(10-4-6-11(15)7-5-10)16-14(19)8-13-9(2)17-20-18-13/h4-7,12H,3,8H2,1-2H3,(H,16,19). The van der Waals surface area contributed by atoms with Crippen molar-refractivity contribution in [3.63, 3.8) is 0 Å². The van der Waals surface area contributed by atoms with Crippen molar-refractivity contribution in [3.8, 4) is 0 Å². The van der Waals surface area contributed by atoms with Gasteiger partial charge < -0.3 is 5.32 Å². The van der Waals surface area contributed by atoms with Crippen molar-refractivity contribution >= 4 is 5.91 Å². The highest BCUT2D eigenvalue weighted by molar-refractivity contribution is 5.78. The summed E-state index contributed by atoms with van der Waals surface area (Å²) in [5.41, 5.74) is 2.00. The molecule has 2 rings (SSSR count). The number of hydrogen-bond acceptors (Lipinski definition) is 4. The highest BCUT2D eigenvalue weighted by atomic mass is 19.1. The van der Waals surface area contributed by atoms with E-state index in [1.807, 2.05) is 6.92 Å². The number of hydrogen-bond donors (Lipinski definition) is 1. The van der Waals surface area contributed by atoms with Crippen LogP contribution in [0.1, 0.15) is 36.3 Å². The lowest BCUT2D eigenvalue weighted by molar-refractivity contribution is -0.121. The van der Waals surface area contributed by atoms with Gasteiger partial charge in [-0.25, -0.2) is 9.02 Å². The normalized spacial score (nSPS) is 12.2. The predicted octanol–water partition coefficient (Wildman–Crippen LogP) is 2.33. The molecule has 106 valence electrons. The first-order chi connectivity index (χ1) is 9.60. The average molecular weight is 277 g/mol. The maximum absolute atomic E-state index is 12.9. The van der Waals surface area contributed by atoms with E-state index in [-0.39, 0.29) is 24.2 Å². The molecule has 1 amide bonds. The molecule has 1 unspecified atom stereocenters. The fraction of sp³-hybridized carbons (Fsp3) is 0.357. The first-order valence-electron chi connectivity index (χ1n) is 6.43. The summed E-state index contributed by atoms with van der Waals surface area (Å²) in [6.07, 6.45) is 0.834. The largest absolute Gasteiger partial charge is 0.349 e. The van der Waals surface area contributed by atoms with Crippen LogP contribution in [-0.4, -0.2) is 16.2 Å². The van der Waals surface area contributed by atoms with Gasteiger partial charge in [-0.05, 0) is 31.0 Å². The van der Waals surface area contributed by atoms with Crippen LogP contribution in [-0.2, 0) is 11.2 Å². The number of nitrogens with zero attached hydrogens (tertiary/aromatic N) is 2. The number of aryl methyl sites for hydroxylation is 1. The Hall–Kier alpha value is -2.24. The number of halogens is 1. The lowest BCUT2D eigenvalue weighted by atomic mass is 10.0. The van der Waals surface area contributed by atoms with Gasteiger partial charge in [0.15, 0.2) is 0 Å². The molecule has 1 N–H and O–H groups in total. The molecule has 0 fully saturated rings. The van der Waals surface area contributed by atoms with Gasteiger partial charge >= 0.3 is 0 Å². The maximum atomic E-state index is 12.9. The summed E-state index contributed by atoms with van der Waals surface area (Å²) >= 11 is 0. The fourth-order valence-electron chi connectivity index (χ4n) is 1.92. The first kappa shape index (κ1) is 14.2. The van der Waals surface area contributed by atoms with E-state index < -0.39 is 0 Å². The zero-order valence-corrected chi connectivity index (χ0v) is 11.4. The molecule has 1 atom stereocenters. The van der Waals surface area contributed by atoms with E-state index in [1.165, 1.54) is 12.1 Å². The molecule has 0 radical (unpaired) electrons. The van der Waals surface area contributed by atoms with Crippen molar-refractivity contribution in [1.29, 1.82) is 0 Å². The molecule has 1 aromatic heterocycles. The van der Waals surface area contributed by atoms with Crippen molar-refractivity contribution in [2.45, 2.75) is 32.7 Å². The molecule has 0 aliphatic carbocycles. The molecule has 0 aliphatic rings. The van der Waals surface area contributed by atoms with E-state index in [0.29, 0.717) is 17.8 Å². The van der Waals surface area contributed by atoms with Crippen LogP contribution in [0.2, 0.25) is 0 Å². The van der Waals surface area contributed by atoms with E-state index >= 15 is 0 Å². The SMILES string of the molecule is CCC(NC(=O)Cc1nonc1C)c1ccc(F)cc1. The smallest absolute Gasteiger partial charge is 0.226 e. The maximum Gasteiger partial charge on any atom is 0.226 e. The molecule has 20 heavy (non-hydrogen) atoms. The van der Waals surface area contributed by atoms with Gasteiger partial charge in [0, 0.05) is 0 Å². The van der Waals surface area contributed by atoms with Gasteiger partial charge in [0.25, 0.3) is 0 Å². The Morgan fingerprint density at radius 1 is 1.35 bits per heavy atom. The van der Waals surface area contributed by atoms with Crippen LogP contribution in [0.4, 0.5) is 4.39 Å². The second-order valence-corrected chi connectivity index (χ2v) is 4.55. The second kappa shape index (κ2) is 6.27. The van der Waals surface area contributed by atoms with Crippen LogP contribution in [0, 0.1) is 12.7 Å². The molecule has 0 spiro atoms. The third-order valence-corrected chi connectivity index (χ3v) is 3.09. The van der Waals surface area contributed by atoms with E-state index in [9.17, 15) is 9.18 Å². The van der Waals surface area contributed by atoms with Gasteiger partial charge in [0.1, 0.15) is 17.2 Å². The number of carbonyl (C=O) groups is 1. The molecule has 2 aromatic rings. The molecule has 1 aromatic carbocycles. The molecule has 0 saturated carbocycles. The number of nitrogens with one attached hydrogen (secondary N) is 1. The molecule has 6 heteroatoms. The number of benzene rings is 1. The van der Waals surface area contributed by atoms with Crippen LogP contribution in [0.5, 0.6) is 0 Å². The van der Waals surface area contributed by atoms with Gasteiger partial charge in [-0.2, -0.15) is 0 Å². The van der Waals surface area contributed by atoms with Crippen LogP contribution >= 0.6 is 0 Å². The third-order valence-electron chi connectivity index (χ3n) is 3.09. The van der Waals surface area contributed by atoms with Crippen molar-refractivity contribution in [1.82, 2.24) is 15.6 Å². The molecule has 1 heterocycles. The summed E-state index contributed by atoms with van der Waals surface area (Å²) in [5.74, 6) is -0.459. The Balaban J connectivity index is 2.01. The van der Waals surface area contributed by atoms with Crippen LogP contribution < -0.4 is 5.32 Å². The van der Waals surface area contributed by atoms with E-state index in [2.05, 4.69) is 20.3 Å². The zero-order chi connectivity index (χ0) is 14.5. The average Bonchev–Trinajstić information content (AvgIpc) is 2.83. The fourth-order valence-corrected chi connectivity index (χ4v) is 1.92. The zero-order valence-electron chi connectivity index (χ0n) is 11.4. The lowest BCUT2D eigenvalue weighted by Crippen LogP contribution is -2.29. The summed E-state index contributed by atoms with van der Waals surface area (Å²) in [4.78, 5) is 12.0. The minimum absolute atomic E-state index is 0.118. The Bertz CT molecular complexity index is 580. The molecule has 5 nitrogen and oxygen atoms in total. The highest BCUT2D eigenvalue weighted by Gasteiger charge is 2.16. The van der Waals surface area contributed by atoms with Crippen LogP contribution in [0.15, 0.2) is 28.9 Å². The molecule has 0 saturated heterocycles. The quantitative estimate of drug-likeness (QED) is 0.910. The van der Waals surface area contributed by atoms with Gasteiger partial charge in [-0.15, -0.1) is 0 Å². The van der Waals surface area contributed by atoms with Gasteiger partial charge in [0.2, 0.25) is 5.91 Å². The number of rotatable bonds is 5. The Morgan fingerprint density at radius 3 is 2.60 bits per heavy atom. The third kappa shape index (κ3) is 3.40. The lowest BCUT2D eigenvalue weighted by Gasteiger charge is -2.17.